The molecule has 1 saturated heterocycles. The number of nitrogens with zero attached hydrogens (tertiary/aromatic N) is 3. The molecule has 8 heteroatoms. The summed E-state index contributed by atoms with van der Waals surface area (Å²) in [6.07, 6.45) is 1.63. The van der Waals surface area contributed by atoms with E-state index in [0.29, 0.717) is 19.1 Å². The van der Waals surface area contributed by atoms with Gasteiger partial charge in [0.1, 0.15) is 23.9 Å². The fourth-order valence-electron chi connectivity index (χ4n) is 6.57. The number of ether oxygens (including phenoxy) is 3. The van der Waals surface area contributed by atoms with Gasteiger partial charge in [0.05, 0.1) is 6.04 Å². The van der Waals surface area contributed by atoms with Gasteiger partial charge in [0.25, 0.3) is 0 Å². The quantitative estimate of drug-likeness (QED) is 0.262. The first-order valence-electron chi connectivity index (χ1n) is 15.5. The molecule has 0 bridgehead atoms. The lowest BCUT2D eigenvalue weighted by molar-refractivity contribution is 0.112. The highest BCUT2D eigenvalue weighted by molar-refractivity contribution is 5.54. The predicted molar refractivity (Wildman–Crippen MR) is 168 cm³/mol. The zero-order chi connectivity index (χ0) is 29.9. The number of rotatable bonds is 9. The minimum atomic E-state index is -0.233. The number of benzene rings is 4. The Kier molecular flexibility index (Phi) is 8.27. The van der Waals surface area contributed by atoms with E-state index in [4.69, 9.17) is 14.2 Å². The summed E-state index contributed by atoms with van der Waals surface area (Å²) in [6.45, 7) is 7.70. The zero-order valence-corrected chi connectivity index (χ0v) is 24.8. The van der Waals surface area contributed by atoms with Gasteiger partial charge in [0, 0.05) is 51.5 Å². The Morgan fingerprint density at radius 2 is 1.52 bits per heavy atom. The van der Waals surface area contributed by atoms with Gasteiger partial charge in [0.2, 0.25) is 6.79 Å². The first kappa shape index (κ1) is 28.5. The van der Waals surface area contributed by atoms with Crippen molar-refractivity contribution in [3.8, 4) is 23.0 Å². The lowest BCUT2D eigenvalue weighted by atomic mass is 9.88. The molecule has 0 aromatic heterocycles. The smallest absolute Gasteiger partial charge is 0.231 e. The van der Waals surface area contributed by atoms with Gasteiger partial charge >= 0.3 is 0 Å². The third kappa shape index (κ3) is 6.47. The predicted octanol–water partition coefficient (Wildman–Crippen LogP) is 5.80. The van der Waals surface area contributed by atoms with E-state index in [0.717, 1.165) is 81.6 Å². The first-order valence-corrected chi connectivity index (χ1v) is 15.5. The second-order valence-corrected chi connectivity index (χ2v) is 11.8. The molecular formula is C36H38FN3O4. The van der Waals surface area contributed by atoms with Crippen LogP contribution in [0.5, 0.6) is 23.0 Å². The molecule has 1 fully saturated rings. The maximum absolute atomic E-state index is 13.7. The summed E-state index contributed by atoms with van der Waals surface area (Å²) in [5.74, 6) is 2.61. The van der Waals surface area contributed by atoms with Gasteiger partial charge in [-0.05, 0) is 95.8 Å². The van der Waals surface area contributed by atoms with Crippen molar-refractivity contribution in [2.24, 2.45) is 0 Å². The third-order valence-corrected chi connectivity index (χ3v) is 8.98. The molecular weight excluding hydrogens is 557 g/mol. The van der Waals surface area contributed by atoms with Gasteiger partial charge in [-0.15, -0.1) is 0 Å². The van der Waals surface area contributed by atoms with Crippen molar-refractivity contribution < 1.29 is 23.7 Å². The van der Waals surface area contributed by atoms with Crippen molar-refractivity contribution in [2.75, 3.05) is 57.6 Å². The van der Waals surface area contributed by atoms with Gasteiger partial charge in [-0.2, -0.15) is 0 Å². The summed E-state index contributed by atoms with van der Waals surface area (Å²) in [5, 5.41) is 10.1. The second kappa shape index (κ2) is 12.8. The Morgan fingerprint density at radius 1 is 0.773 bits per heavy atom. The maximum atomic E-state index is 13.7. The Balaban J connectivity index is 0.913. The largest absolute Gasteiger partial charge is 0.508 e. The Labute approximate surface area is 258 Å². The number of fused-ring (bicyclic) bond motifs is 2. The summed E-state index contributed by atoms with van der Waals surface area (Å²) in [5.41, 5.74) is 5.83. The van der Waals surface area contributed by atoms with Crippen molar-refractivity contribution in [1.82, 2.24) is 9.80 Å². The van der Waals surface area contributed by atoms with Crippen molar-refractivity contribution in [1.29, 1.82) is 0 Å². The third-order valence-electron chi connectivity index (χ3n) is 8.98. The van der Waals surface area contributed by atoms with Crippen molar-refractivity contribution in [3.05, 3.63) is 113 Å². The van der Waals surface area contributed by atoms with E-state index < -0.39 is 0 Å². The van der Waals surface area contributed by atoms with E-state index in [9.17, 15) is 9.50 Å². The normalized spacial score (nSPS) is 18.3. The van der Waals surface area contributed by atoms with E-state index in [1.807, 2.05) is 30.3 Å². The van der Waals surface area contributed by atoms with Crippen LogP contribution >= 0.6 is 0 Å². The molecule has 4 aromatic rings. The van der Waals surface area contributed by atoms with Crippen LogP contribution in [-0.2, 0) is 19.4 Å². The van der Waals surface area contributed by atoms with E-state index in [1.54, 1.807) is 6.07 Å². The summed E-state index contributed by atoms with van der Waals surface area (Å²) < 4.78 is 30.8. The topological polar surface area (TPSA) is 57.6 Å². The van der Waals surface area contributed by atoms with Crippen molar-refractivity contribution in [3.63, 3.8) is 0 Å². The highest BCUT2D eigenvalue weighted by atomic mass is 19.1. The van der Waals surface area contributed by atoms with Crippen LogP contribution in [0.1, 0.15) is 28.3 Å². The minimum Gasteiger partial charge on any atom is -0.508 e. The molecule has 0 radical (unpaired) electrons. The summed E-state index contributed by atoms with van der Waals surface area (Å²) in [4.78, 5) is 7.29. The number of hydrogen-bond donors (Lipinski definition) is 1. The summed E-state index contributed by atoms with van der Waals surface area (Å²) in [7, 11) is 0. The van der Waals surface area contributed by atoms with E-state index in [-0.39, 0.29) is 11.9 Å². The highest BCUT2D eigenvalue weighted by Crippen LogP contribution is 2.38. The number of phenols is 1. The number of piperazine rings is 1. The van der Waals surface area contributed by atoms with Crippen LogP contribution in [-0.4, -0.2) is 67.6 Å². The lowest BCUT2D eigenvalue weighted by Gasteiger charge is -2.39. The van der Waals surface area contributed by atoms with Gasteiger partial charge in [0.15, 0.2) is 11.5 Å². The highest BCUT2D eigenvalue weighted by Gasteiger charge is 2.28. The SMILES string of the molecule is Oc1ccc2c(c1)CCN(c1ccc(F)cc1)C2Cc1ccc(OCCN2CCN(Cc3ccc4c(c3)OCO4)CC2)cc1. The number of phenolic OH excluding ortho intramolecular Hbond substituents is 1. The van der Waals surface area contributed by atoms with E-state index in [1.165, 1.54) is 34.4 Å². The van der Waals surface area contributed by atoms with Crippen LogP contribution in [0.4, 0.5) is 10.1 Å². The van der Waals surface area contributed by atoms with Crippen LogP contribution in [0.3, 0.4) is 0 Å². The average molecular weight is 596 g/mol. The van der Waals surface area contributed by atoms with Gasteiger partial charge in [-0.1, -0.05) is 24.3 Å². The molecule has 0 saturated carbocycles. The fourth-order valence-corrected chi connectivity index (χ4v) is 6.57. The first-order chi connectivity index (χ1) is 21.6. The molecule has 3 heterocycles. The monoisotopic (exact) mass is 595 g/mol. The molecule has 1 atom stereocenters. The maximum Gasteiger partial charge on any atom is 0.231 e. The lowest BCUT2D eigenvalue weighted by Crippen LogP contribution is -2.47. The van der Waals surface area contributed by atoms with E-state index >= 15 is 0 Å². The van der Waals surface area contributed by atoms with Crippen molar-refractivity contribution >= 4 is 5.69 Å². The minimum absolute atomic E-state index is 0.0836. The average Bonchev–Trinajstić information content (AvgIpc) is 3.51. The van der Waals surface area contributed by atoms with Crippen LogP contribution < -0.4 is 19.1 Å². The zero-order valence-electron chi connectivity index (χ0n) is 24.8. The Bertz CT molecular complexity index is 1570. The van der Waals surface area contributed by atoms with Crippen LogP contribution in [0.2, 0.25) is 0 Å². The molecule has 3 aliphatic heterocycles. The second-order valence-electron chi connectivity index (χ2n) is 11.8. The molecule has 228 valence electrons. The van der Waals surface area contributed by atoms with Gasteiger partial charge < -0.3 is 24.2 Å². The molecule has 4 aromatic carbocycles. The van der Waals surface area contributed by atoms with Crippen LogP contribution in [0, 0.1) is 5.82 Å². The van der Waals surface area contributed by atoms with Crippen LogP contribution in [0.15, 0.2) is 84.9 Å². The molecule has 7 rings (SSSR count). The van der Waals surface area contributed by atoms with Crippen molar-refractivity contribution in [2.45, 2.75) is 25.4 Å². The molecule has 0 aliphatic carbocycles. The summed E-state index contributed by atoms with van der Waals surface area (Å²) in [6, 6.07) is 27.1. The molecule has 7 nitrogen and oxygen atoms in total. The van der Waals surface area contributed by atoms with E-state index in [2.05, 4.69) is 51.1 Å². The number of hydrogen-bond acceptors (Lipinski definition) is 7. The number of anilines is 1. The summed E-state index contributed by atoms with van der Waals surface area (Å²) >= 11 is 0. The van der Waals surface area contributed by atoms with Crippen LogP contribution in [0.25, 0.3) is 0 Å². The molecule has 44 heavy (non-hydrogen) atoms. The number of halogens is 1. The molecule has 1 unspecified atom stereocenters. The number of aromatic hydroxyl groups is 1. The Morgan fingerprint density at radius 3 is 2.34 bits per heavy atom. The molecule has 0 amide bonds. The standard InChI is InChI=1S/C36H38FN3O4/c37-29-4-6-30(7-5-29)40-14-13-28-23-31(41)8-11-33(28)34(40)21-26-1-9-32(10-2-26)42-20-19-38-15-17-39(18-16-38)24-27-3-12-35-36(22-27)44-25-43-35/h1-12,22-23,34,41H,13-21,24-25H2. The fraction of sp³-hybridized carbons (Fsp3) is 0.333. The van der Waals surface area contributed by atoms with Gasteiger partial charge in [-0.25, -0.2) is 4.39 Å². The molecule has 1 N–H and O–H groups in total. The molecule has 3 aliphatic rings. The Hall–Kier alpha value is -4.27. The van der Waals surface area contributed by atoms with Gasteiger partial charge in [-0.3, -0.25) is 9.80 Å². The molecule has 0 spiro atoms.